The van der Waals surface area contributed by atoms with E-state index in [1.807, 2.05) is 12.1 Å². The summed E-state index contributed by atoms with van der Waals surface area (Å²) in [6, 6.07) is 9.86. The maximum Gasteiger partial charge on any atom is 0.534 e. The highest BCUT2D eigenvalue weighted by atomic mass is 32.2. The summed E-state index contributed by atoms with van der Waals surface area (Å²) >= 11 is 0. The van der Waals surface area contributed by atoms with Crippen molar-refractivity contribution in [1.29, 1.82) is 0 Å². The summed E-state index contributed by atoms with van der Waals surface area (Å²) in [6.07, 6.45) is 4.72. The number of fused-ring (bicyclic) bond motifs is 1. The predicted molar refractivity (Wildman–Crippen MR) is 80.8 cm³/mol. The van der Waals surface area contributed by atoms with Gasteiger partial charge < -0.3 is 4.18 Å². The van der Waals surface area contributed by atoms with Crippen molar-refractivity contribution in [2.24, 2.45) is 0 Å². The summed E-state index contributed by atoms with van der Waals surface area (Å²) in [5.41, 5.74) is -4.22. The van der Waals surface area contributed by atoms with Gasteiger partial charge in [0.05, 0.1) is 0 Å². The summed E-state index contributed by atoms with van der Waals surface area (Å²) in [7, 11) is -5.64. The Labute approximate surface area is 132 Å². The molecule has 0 aliphatic heterocycles. The SMILES string of the molecule is O=S(=O)(Oc1ccc2cc(C3CCCC3)ccc2c1)C(F)(F)F. The largest absolute Gasteiger partial charge is 0.534 e. The van der Waals surface area contributed by atoms with Gasteiger partial charge in [-0.2, -0.15) is 21.6 Å². The quantitative estimate of drug-likeness (QED) is 0.597. The lowest BCUT2D eigenvalue weighted by molar-refractivity contribution is -0.0500. The van der Waals surface area contributed by atoms with E-state index >= 15 is 0 Å². The summed E-state index contributed by atoms with van der Waals surface area (Å²) in [4.78, 5) is 0. The van der Waals surface area contributed by atoms with Gasteiger partial charge in [0.1, 0.15) is 5.75 Å². The van der Waals surface area contributed by atoms with Gasteiger partial charge in [0.25, 0.3) is 0 Å². The van der Waals surface area contributed by atoms with E-state index in [4.69, 9.17) is 0 Å². The van der Waals surface area contributed by atoms with Crippen LogP contribution in [0.1, 0.15) is 37.2 Å². The molecule has 1 aliphatic carbocycles. The zero-order chi connectivity index (χ0) is 16.7. The van der Waals surface area contributed by atoms with Crippen molar-refractivity contribution in [3.63, 3.8) is 0 Å². The number of halogens is 3. The summed E-state index contributed by atoms with van der Waals surface area (Å²) < 4.78 is 63.3. The van der Waals surface area contributed by atoms with Gasteiger partial charge in [-0.05, 0) is 47.2 Å². The Bertz CT molecular complexity index is 822. The molecule has 23 heavy (non-hydrogen) atoms. The zero-order valence-corrected chi connectivity index (χ0v) is 13.0. The predicted octanol–water partition coefficient (Wildman–Crippen LogP) is 4.73. The van der Waals surface area contributed by atoms with Gasteiger partial charge in [-0.3, -0.25) is 0 Å². The second-order valence-electron chi connectivity index (χ2n) is 5.73. The first-order valence-corrected chi connectivity index (χ1v) is 8.71. The molecule has 0 saturated heterocycles. The lowest BCUT2D eigenvalue weighted by atomic mass is 9.95. The summed E-state index contributed by atoms with van der Waals surface area (Å²) in [5.74, 6) is 0.185. The third-order valence-corrected chi connectivity index (χ3v) is 5.13. The third kappa shape index (κ3) is 3.29. The Morgan fingerprint density at radius 3 is 2.22 bits per heavy atom. The molecule has 2 aromatic carbocycles. The van der Waals surface area contributed by atoms with Gasteiger partial charge in [0.2, 0.25) is 0 Å². The van der Waals surface area contributed by atoms with Crippen LogP contribution in [-0.4, -0.2) is 13.9 Å². The van der Waals surface area contributed by atoms with Gasteiger partial charge in [-0.15, -0.1) is 0 Å². The average Bonchev–Trinajstić information content (AvgIpc) is 2.99. The van der Waals surface area contributed by atoms with Crippen molar-refractivity contribution in [3.05, 3.63) is 42.0 Å². The molecule has 2 aromatic rings. The minimum absolute atomic E-state index is 0.344. The first kappa shape index (κ1) is 16.1. The van der Waals surface area contributed by atoms with Crippen LogP contribution in [0, 0.1) is 0 Å². The van der Waals surface area contributed by atoms with E-state index in [9.17, 15) is 21.6 Å². The Kier molecular flexibility index (Phi) is 4.00. The van der Waals surface area contributed by atoms with Crippen LogP contribution in [-0.2, 0) is 10.1 Å². The molecule has 0 amide bonds. The molecule has 124 valence electrons. The summed E-state index contributed by atoms with van der Waals surface area (Å²) in [6.45, 7) is 0. The monoisotopic (exact) mass is 344 g/mol. The number of benzene rings is 2. The van der Waals surface area contributed by atoms with Crippen LogP contribution in [0.25, 0.3) is 10.8 Å². The van der Waals surface area contributed by atoms with E-state index in [0.29, 0.717) is 11.3 Å². The van der Waals surface area contributed by atoms with E-state index in [1.165, 1.54) is 30.5 Å². The van der Waals surface area contributed by atoms with Gasteiger partial charge in [0.15, 0.2) is 0 Å². The Morgan fingerprint density at radius 2 is 1.57 bits per heavy atom. The highest BCUT2D eigenvalue weighted by molar-refractivity contribution is 7.88. The smallest absolute Gasteiger partial charge is 0.376 e. The van der Waals surface area contributed by atoms with Crippen molar-refractivity contribution >= 4 is 20.9 Å². The van der Waals surface area contributed by atoms with Crippen LogP contribution in [0.4, 0.5) is 13.2 Å². The van der Waals surface area contributed by atoms with Gasteiger partial charge >= 0.3 is 15.6 Å². The molecular formula is C16H15F3O3S. The number of hydrogen-bond donors (Lipinski definition) is 0. The zero-order valence-electron chi connectivity index (χ0n) is 12.1. The molecule has 0 spiro atoms. The van der Waals surface area contributed by atoms with E-state index in [0.717, 1.165) is 18.2 Å². The molecule has 0 aromatic heterocycles. The molecule has 3 rings (SSSR count). The molecule has 7 heteroatoms. The topological polar surface area (TPSA) is 43.4 Å². The van der Waals surface area contributed by atoms with Crippen molar-refractivity contribution < 1.29 is 25.8 Å². The van der Waals surface area contributed by atoms with Crippen molar-refractivity contribution in [2.75, 3.05) is 0 Å². The Balaban J connectivity index is 1.89. The molecule has 1 fully saturated rings. The first-order chi connectivity index (χ1) is 10.8. The molecular weight excluding hydrogens is 329 g/mol. The Hall–Kier alpha value is -1.76. The third-order valence-electron chi connectivity index (χ3n) is 4.15. The number of alkyl halides is 3. The minimum atomic E-state index is -5.64. The lowest BCUT2D eigenvalue weighted by Gasteiger charge is -2.12. The second-order valence-corrected chi connectivity index (χ2v) is 7.27. The highest BCUT2D eigenvalue weighted by Gasteiger charge is 2.48. The maximum absolute atomic E-state index is 12.3. The van der Waals surface area contributed by atoms with Crippen LogP contribution in [0.3, 0.4) is 0 Å². The fraction of sp³-hybridized carbons (Fsp3) is 0.375. The molecule has 0 radical (unpaired) electrons. The molecule has 0 bridgehead atoms. The van der Waals surface area contributed by atoms with Gasteiger partial charge in [0, 0.05) is 0 Å². The van der Waals surface area contributed by atoms with Crippen LogP contribution < -0.4 is 4.18 Å². The Morgan fingerprint density at radius 1 is 0.957 bits per heavy atom. The first-order valence-electron chi connectivity index (χ1n) is 7.31. The average molecular weight is 344 g/mol. The standard InChI is InChI=1S/C16H15F3O3S/c17-16(18,19)23(20,21)22-15-8-7-13-9-12(5-6-14(13)10-15)11-3-1-2-4-11/h5-11H,1-4H2. The van der Waals surface area contributed by atoms with Gasteiger partial charge in [-0.1, -0.05) is 37.1 Å². The van der Waals surface area contributed by atoms with E-state index in [2.05, 4.69) is 4.18 Å². The van der Waals surface area contributed by atoms with E-state index in [-0.39, 0.29) is 5.75 Å². The number of rotatable bonds is 3. The van der Waals surface area contributed by atoms with Crippen molar-refractivity contribution in [1.82, 2.24) is 0 Å². The van der Waals surface area contributed by atoms with Crippen LogP contribution in [0.15, 0.2) is 36.4 Å². The van der Waals surface area contributed by atoms with Crippen LogP contribution in [0.2, 0.25) is 0 Å². The highest BCUT2D eigenvalue weighted by Crippen LogP contribution is 2.36. The minimum Gasteiger partial charge on any atom is -0.376 e. The molecule has 0 unspecified atom stereocenters. The van der Waals surface area contributed by atoms with Crippen LogP contribution in [0.5, 0.6) is 5.75 Å². The molecule has 0 heterocycles. The van der Waals surface area contributed by atoms with Crippen LogP contribution >= 0.6 is 0 Å². The fourth-order valence-corrected chi connectivity index (χ4v) is 3.43. The lowest BCUT2D eigenvalue weighted by Crippen LogP contribution is -2.28. The van der Waals surface area contributed by atoms with Crippen molar-refractivity contribution in [2.45, 2.75) is 37.1 Å². The molecule has 0 N–H and O–H groups in total. The van der Waals surface area contributed by atoms with Gasteiger partial charge in [-0.25, -0.2) is 0 Å². The van der Waals surface area contributed by atoms with E-state index < -0.39 is 15.6 Å². The fourth-order valence-electron chi connectivity index (χ4n) is 2.98. The summed E-state index contributed by atoms with van der Waals surface area (Å²) in [5, 5.41) is 1.49. The van der Waals surface area contributed by atoms with E-state index in [1.54, 1.807) is 12.1 Å². The normalized spacial score (nSPS) is 16.8. The van der Waals surface area contributed by atoms with Crippen molar-refractivity contribution in [3.8, 4) is 5.75 Å². The molecule has 1 saturated carbocycles. The molecule has 3 nitrogen and oxygen atoms in total. The maximum atomic E-state index is 12.3. The second kappa shape index (κ2) is 5.70. The molecule has 0 atom stereocenters. The number of hydrogen-bond acceptors (Lipinski definition) is 3. The molecule has 1 aliphatic rings.